The van der Waals surface area contributed by atoms with Crippen LogP contribution in [0.5, 0.6) is 17.2 Å². The van der Waals surface area contributed by atoms with Crippen LogP contribution in [0.15, 0.2) is 90.1 Å². The molecule has 0 aromatic heterocycles. The number of benzene rings is 3. The van der Waals surface area contributed by atoms with Gasteiger partial charge in [0.1, 0.15) is 28.9 Å². The van der Waals surface area contributed by atoms with Crippen molar-refractivity contribution in [3.8, 4) is 17.2 Å². The summed E-state index contributed by atoms with van der Waals surface area (Å²) in [7, 11) is 0. The second-order valence-electron chi connectivity index (χ2n) is 16.8. The van der Waals surface area contributed by atoms with Gasteiger partial charge in [-0.25, -0.2) is 4.79 Å². The lowest BCUT2D eigenvalue weighted by Crippen LogP contribution is -2.70. The lowest BCUT2D eigenvalue weighted by molar-refractivity contribution is -0.256. The van der Waals surface area contributed by atoms with E-state index < -0.39 is 29.4 Å². The number of carbonyl (C=O) groups is 1. The van der Waals surface area contributed by atoms with Crippen LogP contribution in [0.4, 0.5) is 4.79 Å². The number of hydrogen-bond acceptors (Lipinski definition) is 11. The summed E-state index contributed by atoms with van der Waals surface area (Å²) < 4.78 is 32.4. The van der Waals surface area contributed by atoms with Crippen molar-refractivity contribution in [1.82, 2.24) is 4.90 Å². The zero-order valence-electron chi connectivity index (χ0n) is 35.7. The van der Waals surface area contributed by atoms with Crippen molar-refractivity contribution in [1.29, 1.82) is 0 Å². The molecule has 0 bridgehead atoms. The average molecular weight is 829 g/mol. The minimum atomic E-state index is -1.45. The van der Waals surface area contributed by atoms with E-state index in [0.717, 1.165) is 47.6 Å². The van der Waals surface area contributed by atoms with Crippen LogP contribution >= 0.6 is 0 Å². The van der Waals surface area contributed by atoms with Gasteiger partial charge in [0.15, 0.2) is 0 Å². The Hall–Kier alpha value is -4.46. The second-order valence-corrected chi connectivity index (χ2v) is 16.8. The molecule has 6 rings (SSSR count). The molecule has 1 aliphatic heterocycles. The topological polar surface area (TPSA) is 149 Å². The maximum atomic E-state index is 14.2. The molecule has 3 aromatic rings. The fourth-order valence-corrected chi connectivity index (χ4v) is 9.18. The van der Waals surface area contributed by atoms with E-state index in [1.807, 2.05) is 57.2 Å². The molecule has 1 saturated carbocycles. The summed E-state index contributed by atoms with van der Waals surface area (Å²) in [6.45, 7) is 12.3. The van der Waals surface area contributed by atoms with Gasteiger partial charge in [0.2, 0.25) is 5.79 Å². The van der Waals surface area contributed by atoms with Crippen molar-refractivity contribution in [2.45, 2.75) is 96.0 Å². The number of ether oxygens (including phenoxy) is 5. The zero-order valence-corrected chi connectivity index (χ0v) is 35.7. The first-order chi connectivity index (χ1) is 29.1. The van der Waals surface area contributed by atoms with Crippen molar-refractivity contribution < 1.29 is 48.6 Å². The third-order valence-electron chi connectivity index (χ3n) is 11.6. The number of rotatable bonds is 21. The van der Waals surface area contributed by atoms with E-state index in [9.17, 15) is 20.1 Å². The number of amides is 1. The Kier molecular flexibility index (Phi) is 15.7. The first-order valence-corrected chi connectivity index (χ1v) is 21.6. The lowest BCUT2D eigenvalue weighted by atomic mass is 9.55. The fourth-order valence-electron chi connectivity index (χ4n) is 9.18. The predicted octanol–water partition coefficient (Wildman–Crippen LogP) is 8.53. The van der Waals surface area contributed by atoms with Crippen molar-refractivity contribution in [3.63, 3.8) is 0 Å². The van der Waals surface area contributed by atoms with Crippen LogP contribution in [-0.4, -0.2) is 102 Å². The Labute approximate surface area is 354 Å². The number of oxime groups is 1. The van der Waals surface area contributed by atoms with Gasteiger partial charge in [-0.2, -0.15) is 0 Å². The monoisotopic (exact) mass is 828 g/mol. The van der Waals surface area contributed by atoms with Gasteiger partial charge in [-0.1, -0.05) is 60.5 Å². The van der Waals surface area contributed by atoms with Gasteiger partial charge in [-0.15, -0.1) is 6.58 Å². The Morgan fingerprint density at radius 3 is 2.40 bits per heavy atom. The first-order valence-electron chi connectivity index (χ1n) is 21.6. The molecule has 6 atom stereocenters. The van der Waals surface area contributed by atoms with Crippen molar-refractivity contribution in [2.75, 3.05) is 52.8 Å². The van der Waals surface area contributed by atoms with E-state index in [4.69, 9.17) is 33.7 Å². The van der Waals surface area contributed by atoms with Crippen LogP contribution in [-0.2, 0) is 19.0 Å². The Bertz CT molecular complexity index is 1960. The SMILES string of the molecule is C=CCO[C@@]12Oc3ccc(Oc4ccc5ccccc5c4)cc3[C@H]3[C@H](CCCCO)[C@@H](CCCCO)C=C(C(=NOC(C)(C)C)C[C@@H]1N(CCOCCO)C(=O)OCC)[C@H]32. The fraction of sp³-hybridized carbons (Fsp3) is 0.542. The molecular weight excluding hydrogens is 765 g/mol. The minimum absolute atomic E-state index is 0.0433. The quantitative estimate of drug-likeness (QED) is 0.0542. The molecule has 3 aromatic carbocycles. The molecule has 1 amide bonds. The smallest absolute Gasteiger partial charge is 0.410 e. The van der Waals surface area contributed by atoms with Gasteiger partial charge in [-0.05, 0) is 112 Å². The van der Waals surface area contributed by atoms with Crippen LogP contribution in [0.3, 0.4) is 0 Å². The van der Waals surface area contributed by atoms with Crippen molar-refractivity contribution in [3.05, 3.63) is 90.5 Å². The maximum Gasteiger partial charge on any atom is 0.410 e. The van der Waals surface area contributed by atoms with Crippen LogP contribution < -0.4 is 9.47 Å². The number of fused-ring (bicyclic) bond motifs is 3. The number of aliphatic hydroxyl groups is 3. The number of nitrogens with zero attached hydrogens (tertiary/aromatic N) is 2. The summed E-state index contributed by atoms with van der Waals surface area (Å²) in [5.41, 5.74) is 1.96. The number of hydrogen-bond donors (Lipinski definition) is 3. The van der Waals surface area contributed by atoms with E-state index >= 15 is 0 Å². The molecule has 12 nitrogen and oxygen atoms in total. The third kappa shape index (κ3) is 10.3. The van der Waals surface area contributed by atoms with Crippen LogP contribution in [0, 0.1) is 17.8 Å². The number of carbonyl (C=O) groups excluding carboxylic acids is 1. The van der Waals surface area contributed by atoms with E-state index in [-0.39, 0.29) is 77.0 Å². The Morgan fingerprint density at radius 2 is 1.68 bits per heavy atom. The van der Waals surface area contributed by atoms with Crippen LogP contribution in [0.2, 0.25) is 0 Å². The summed E-state index contributed by atoms with van der Waals surface area (Å²) in [6.07, 6.45) is 8.25. The summed E-state index contributed by atoms with van der Waals surface area (Å²) in [4.78, 5) is 22.0. The van der Waals surface area contributed by atoms with Crippen molar-refractivity contribution >= 4 is 22.6 Å². The summed E-state index contributed by atoms with van der Waals surface area (Å²) in [5, 5.41) is 36.4. The van der Waals surface area contributed by atoms with E-state index in [1.165, 1.54) is 0 Å². The lowest BCUT2D eigenvalue weighted by Gasteiger charge is -2.59. The maximum absolute atomic E-state index is 14.2. The van der Waals surface area contributed by atoms with Gasteiger partial charge in [0.05, 0.1) is 44.7 Å². The number of aliphatic hydroxyl groups excluding tert-OH is 3. The van der Waals surface area contributed by atoms with Crippen molar-refractivity contribution in [2.24, 2.45) is 22.9 Å². The molecule has 60 heavy (non-hydrogen) atoms. The summed E-state index contributed by atoms with van der Waals surface area (Å²) in [5.74, 6) is -0.0792. The highest BCUT2D eigenvalue weighted by atomic mass is 16.7. The molecule has 0 radical (unpaired) electrons. The van der Waals surface area contributed by atoms with E-state index in [2.05, 4.69) is 36.9 Å². The summed E-state index contributed by atoms with van der Waals surface area (Å²) in [6, 6.07) is 19.4. The Balaban J connectivity index is 1.58. The van der Waals surface area contributed by atoms with Gasteiger partial charge >= 0.3 is 6.09 Å². The van der Waals surface area contributed by atoms with Gasteiger partial charge in [-0.3, -0.25) is 4.90 Å². The van der Waals surface area contributed by atoms with Gasteiger partial charge < -0.3 is 43.8 Å². The molecule has 3 N–H and O–H groups in total. The average Bonchev–Trinajstić information content (AvgIpc) is 3.23. The Morgan fingerprint density at radius 1 is 0.950 bits per heavy atom. The molecule has 2 aliphatic carbocycles. The molecule has 1 fully saturated rings. The van der Waals surface area contributed by atoms with Crippen LogP contribution in [0.1, 0.15) is 84.1 Å². The number of allylic oxidation sites excluding steroid dienone is 1. The molecule has 3 aliphatic rings. The molecule has 12 heteroatoms. The number of unbranched alkanes of at least 4 members (excludes halogenated alkanes) is 2. The highest BCUT2D eigenvalue weighted by Crippen LogP contribution is 2.62. The molecule has 0 saturated heterocycles. The second kappa shape index (κ2) is 20.9. The first kappa shape index (κ1) is 45.1. The van der Waals surface area contributed by atoms with E-state index in [1.54, 1.807) is 17.9 Å². The molecular formula is C48H64N2O10. The van der Waals surface area contributed by atoms with Gasteiger partial charge in [0.25, 0.3) is 0 Å². The highest BCUT2D eigenvalue weighted by Gasteiger charge is 2.65. The molecule has 0 spiro atoms. The normalized spacial score (nSPS) is 23.9. The summed E-state index contributed by atoms with van der Waals surface area (Å²) >= 11 is 0. The van der Waals surface area contributed by atoms with Gasteiger partial charge in [0, 0.05) is 37.7 Å². The molecule has 326 valence electrons. The highest BCUT2D eigenvalue weighted by molar-refractivity contribution is 6.03. The predicted molar refractivity (Wildman–Crippen MR) is 231 cm³/mol. The largest absolute Gasteiger partial charge is 0.459 e. The van der Waals surface area contributed by atoms with E-state index in [0.29, 0.717) is 35.8 Å². The minimum Gasteiger partial charge on any atom is -0.459 e. The molecule has 1 heterocycles. The zero-order chi connectivity index (χ0) is 42.7. The van der Waals surface area contributed by atoms with Crippen LogP contribution in [0.25, 0.3) is 10.8 Å². The standard InChI is InChI=1S/C48H64N2O10/c1-6-26-57-48-43(50(46(54)56-7-2)22-27-55-28-25-53)32-41(49-60-47(3,4)5)39-30-35(16-10-12-23-51)38(17-11-13-24-52)44(45(39)48)40-31-37(20-21-42(40)59-48)58-36-19-18-33-14-8-9-15-34(33)29-36/h6,8-9,14-15,18-21,29-31,35,38,43-45,51-53H,1,7,10-13,16-17,22-28,32H2,2-5H3/t35-,38+,43-,44+,45+,48+/m0/s1. The third-order valence-corrected chi connectivity index (χ3v) is 11.6. The molecule has 0 unspecified atom stereocenters.